The molecule has 144 valence electrons. The van der Waals surface area contributed by atoms with Gasteiger partial charge < -0.3 is 9.64 Å². The molecule has 0 saturated heterocycles. The summed E-state index contributed by atoms with van der Waals surface area (Å²) in [5.41, 5.74) is 2.57. The molecule has 0 aliphatic carbocycles. The van der Waals surface area contributed by atoms with Gasteiger partial charge in [-0.2, -0.15) is 0 Å². The lowest BCUT2D eigenvalue weighted by molar-refractivity contribution is -0.134. The van der Waals surface area contributed by atoms with Gasteiger partial charge in [0.05, 0.1) is 17.9 Å². The Morgan fingerprint density at radius 3 is 2.39 bits per heavy atom. The second-order valence-electron chi connectivity index (χ2n) is 6.76. The number of ether oxygens (including phenoxy) is 1. The van der Waals surface area contributed by atoms with E-state index in [2.05, 4.69) is 0 Å². The fourth-order valence-electron chi connectivity index (χ4n) is 3.70. The first-order valence-corrected chi connectivity index (χ1v) is 9.53. The predicted molar refractivity (Wildman–Crippen MR) is 107 cm³/mol. The SMILES string of the molecule is CCn1c2c(c(=O)n1-c1ccccc1)CCN(C(=O)COc1ccccc1)C2. The molecule has 0 bridgehead atoms. The Hall–Kier alpha value is -3.28. The maximum atomic E-state index is 13.0. The van der Waals surface area contributed by atoms with Gasteiger partial charge >= 0.3 is 0 Å². The average Bonchev–Trinajstić information content (AvgIpc) is 3.04. The fraction of sp³-hybridized carbons (Fsp3) is 0.273. The van der Waals surface area contributed by atoms with E-state index in [0.717, 1.165) is 16.9 Å². The minimum absolute atomic E-state index is 0.00486. The average molecular weight is 377 g/mol. The van der Waals surface area contributed by atoms with Gasteiger partial charge in [-0.15, -0.1) is 0 Å². The Kier molecular flexibility index (Phi) is 5.02. The first-order chi connectivity index (χ1) is 13.7. The van der Waals surface area contributed by atoms with E-state index in [4.69, 9.17) is 4.74 Å². The van der Waals surface area contributed by atoms with Crippen molar-refractivity contribution in [1.82, 2.24) is 14.3 Å². The Bertz CT molecular complexity index is 1020. The number of benzene rings is 2. The summed E-state index contributed by atoms with van der Waals surface area (Å²) in [6, 6.07) is 18.9. The lowest BCUT2D eigenvalue weighted by Gasteiger charge is -2.27. The summed E-state index contributed by atoms with van der Waals surface area (Å²) in [7, 11) is 0. The molecule has 0 fully saturated rings. The van der Waals surface area contributed by atoms with E-state index >= 15 is 0 Å². The van der Waals surface area contributed by atoms with Crippen LogP contribution in [0.4, 0.5) is 0 Å². The Balaban J connectivity index is 1.57. The van der Waals surface area contributed by atoms with Crippen molar-refractivity contribution in [3.8, 4) is 11.4 Å². The molecule has 0 saturated carbocycles. The van der Waals surface area contributed by atoms with Crippen LogP contribution in [0.5, 0.6) is 5.75 Å². The van der Waals surface area contributed by atoms with Gasteiger partial charge in [0.1, 0.15) is 5.75 Å². The number of fused-ring (bicyclic) bond motifs is 1. The second kappa shape index (κ2) is 7.76. The molecule has 1 aliphatic heterocycles. The number of hydrogen-bond acceptors (Lipinski definition) is 3. The van der Waals surface area contributed by atoms with Crippen molar-refractivity contribution >= 4 is 5.91 Å². The van der Waals surface area contributed by atoms with E-state index < -0.39 is 0 Å². The fourth-order valence-corrected chi connectivity index (χ4v) is 3.70. The van der Waals surface area contributed by atoms with Crippen LogP contribution in [0.25, 0.3) is 5.69 Å². The second-order valence-corrected chi connectivity index (χ2v) is 6.76. The maximum Gasteiger partial charge on any atom is 0.274 e. The van der Waals surface area contributed by atoms with Crippen molar-refractivity contribution in [2.75, 3.05) is 13.2 Å². The van der Waals surface area contributed by atoms with Gasteiger partial charge in [0.2, 0.25) is 0 Å². The van der Waals surface area contributed by atoms with E-state index in [1.807, 2.05) is 72.3 Å². The first kappa shape index (κ1) is 18.1. The summed E-state index contributed by atoms with van der Waals surface area (Å²) in [5.74, 6) is 0.603. The molecule has 1 amide bonds. The normalized spacial score (nSPS) is 13.2. The van der Waals surface area contributed by atoms with Crippen molar-refractivity contribution in [2.45, 2.75) is 26.4 Å². The number of hydrogen-bond donors (Lipinski definition) is 0. The van der Waals surface area contributed by atoms with Crippen LogP contribution in [0.15, 0.2) is 65.5 Å². The van der Waals surface area contributed by atoms with Gasteiger partial charge in [0, 0.05) is 18.7 Å². The van der Waals surface area contributed by atoms with E-state index in [-0.39, 0.29) is 18.1 Å². The number of aromatic nitrogens is 2. The van der Waals surface area contributed by atoms with Gasteiger partial charge in [-0.05, 0) is 37.6 Å². The zero-order chi connectivity index (χ0) is 19.5. The highest BCUT2D eigenvalue weighted by Crippen LogP contribution is 2.20. The minimum atomic E-state index is -0.0722. The number of carbonyl (C=O) groups excluding carboxylic acids is 1. The van der Waals surface area contributed by atoms with Crippen molar-refractivity contribution in [1.29, 1.82) is 0 Å². The summed E-state index contributed by atoms with van der Waals surface area (Å²) in [5, 5.41) is 0. The van der Waals surface area contributed by atoms with E-state index in [1.165, 1.54) is 0 Å². The topological polar surface area (TPSA) is 56.5 Å². The molecule has 28 heavy (non-hydrogen) atoms. The quantitative estimate of drug-likeness (QED) is 0.687. The monoisotopic (exact) mass is 377 g/mol. The van der Waals surface area contributed by atoms with Crippen LogP contribution >= 0.6 is 0 Å². The number of nitrogens with zero attached hydrogens (tertiary/aromatic N) is 3. The molecule has 6 nitrogen and oxygen atoms in total. The molecule has 1 aliphatic rings. The molecular formula is C22H23N3O3. The highest BCUT2D eigenvalue weighted by Gasteiger charge is 2.28. The third-order valence-electron chi connectivity index (χ3n) is 5.08. The van der Waals surface area contributed by atoms with Crippen LogP contribution in [0.1, 0.15) is 18.2 Å². The van der Waals surface area contributed by atoms with Crippen LogP contribution in [-0.4, -0.2) is 33.3 Å². The Morgan fingerprint density at radius 1 is 1.04 bits per heavy atom. The van der Waals surface area contributed by atoms with Crippen LogP contribution < -0.4 is 10.3 Å². The molecule has 3 aromatic rings. The molecule has 6 heteroatoms. The van der Waals surface area contributed by atoms with E-state index in [0.29, 0.717) is 31.8 Å². The summed E-state index contributed by atoms with van der Waals surface area (Å²) >= 11 is 0. The van der Waals surface area contributed by atoms with Crippen molar-refractivity contribution in [3.63, 3.8) is 0 Å². The lowest BCUT2D eigenvalue weighted by Crippen LogP contribution is -2.40. The van der Waals surface area contributed by atoms with Crippen molar-refractivity contribution in [3.05, 3.63) is 82.3 Å². The number of rotatable bonds is 5. The minimum Gasteiger partial charge on any atom is -0.484 e. The van der Waals surface area contributed by atoms with E-state index in [9.17, 15) is 9.59 Å². The summed E-state index contributed by atoms with van der Waals surface area (Å²) in [6.45, 7) is 3.62. The van der Waals surface area contributed by atoms with Crippen LogP contribution in [0, 0.1) is 0 Å². The summed E-state index contributed by atoms with van der Waals surface area (Å²) in [6.07, 6.45) is 0.561. The first-order valence-electron chi connectivity index (χ1n) is 9.53. The van der Waals surface area contributed by atoms with Gasteiger partial charge in [-0.1, -0.05) is 36.4 Å². The van der Waals surface area contributed by atoms with Crippen molar-refractivity contribution < 1.29 is 9.53 Å². The molecule has 2 heterocycles. The Labute approximate surface area is 163 Å². The molecule has 1 aromatic heterocycles. The summed E-state index contributed by atoms with van der Waals surface area (Å²) in [4.78, 5) is 27.4. The smallest absolute Gasteiger partial charge is 0.274 e. The van der Waals surface area contributed by atoms with Crippen LogP contribution in [0.3, 0.4) is 0 Å². The Morgan fingerprint density at radius 2 is 1.71 bits per heavy atom. The number of para-hydroxylation sites is 2. The highest BCUT2D eigenvalue weighted by atomic mass is 16.5. The highest BCUT2D eigenvalue weighted by molar-refractivity contribution is 5.78. The molecule has 0 unspecified atom stereocenters. The molecular weight excluding hydrogens is 354 g/mol. The number of amides is 1. The largest absolute Gasteiger partial charge is 0.484 e. The maximum absolute atomic E-state index is 13.0. The lowest BCUT2D eigenvalue weighted by atomic mass is 10.1. The number of carbonyl (C=O) groups is 1. The molecule has 0 atom stereocenters. The van der Waals surface area contributed by atoms with Gasteiger partial charge in [0.25, 0.3) is 11.5 Å². The zero-order valence-electron chi connectivity index (χ0n) is 15.9. The van der Waals surface area contributed by atoms with Crippen LogP contribution in [0.2, 0.25) is 0 Å². The predicted octanol–water partition coefficient (Wildman–Crippen LogP) is 2.62. The standard InChI is InChI=1S/C22H23N3O3/c1-2-24-20-15-23(21(26)16-28-18-11-7-4-8-12-18)14-13-19(20)22(27)25(24)17-9-5-3-6-10-17/h3-12H,2,13-16H2,1H3. The summed E-state index contributed by atoms with van der Waals surface area (Å²) < 4.78 is 9.30. The molecule has 0 radical (unpaired) electrons. The van der Waals surface area contributed by atoms with Crippen LogP contribution in [-0.2, 0) is 24.3 Å². The third kappa shape index (κ3) is 3.33. The van der Waals surface area contributed by atoms with E-state index in [1.54, 1.807) is 9.58 Å². The molecule has 0 spiro atoms. The molecule has 4 rings (SSSR count). The molecule has 0 N–H and O–H groups in total. The van der Waals surface area contributed by atoms with Gasteiger partial charge in [-0.3, -0.25) is 14.3 Å². The zero-order valence-corrected chi connectivity index (χ0v) is 15.9. The molecule has 2 aromatic carbocycles. The van der Waals surface area contributed by atoms with Gasteiger partial charge in [0.15, 0.2) is 6.61 Å². The van der Waals surface area contributed by atoms with Gasteiger partial charge in [-0.25, -0.2) is 4.68 Å². The third-order valence-corrected chi connectivity index (χ3v) is 5.08. The van der Waals surface area contributed by atoms with Crippen molar-refractivity contribution in [2.24, 2.45) is 0 Å².